The lowest BCUT2D eigenvalue weighted by atomic mass is 10.0. The number of amides is 1. The Labute approximate surface area is 143 Å². The second-order valence-electron chi connectivity index (χ2n) is 5.17. The minimum absolute atomic E-state index is 0.0818. The van der Waals surface area contributed by atoms with Gasteiger partial charge in [-0.2, -0.15) is 0 Å². The molecule has 2 heterocycles. The third-order valence-corrected chi connectivity index (χ3v) is 5.75. The van der Waals surface area contributed by atoms with E-state index < -0.39 is 0 Å². The number of hydrogen-bond acceptors (Lipinski definition) is 5. The van der Waals surface area contributed by atoms with E-state index in [2.05, 4.69) is 0 Å². The van der Waals surface area contributed by atoms with E-state index in [-0.39, 0.29) is 29.6 Å². The number of Topliss-reactive ketones (excluding diaryl/α,β-unsaturated/α-hetero) is 2. The van der Waals surface area contributed by atoms with Crippen molar-refractivity contribution in [3.05, 3.63) is 50.5 Å². The zero-order valence-corrected chi connectivity index (χ0v) is 14.2. The summed E-state index contributed by atoms with van der Waals surface area (Å²) in [4.78, 5) is 39.4. The highest BCUT2D eigenvalue weighted by molar-refractivity contribution is 8.27. The first kappa shape index (κ1) is 16.1. The highest BCUT2D eigenvalue weighted by Crippen LogP contribution is 2.42. The van der Waals surface area contributed by atoms with Crippen molar-refractivity contribution in [1.29, 1.82) is 0 Å². The van der Waals surface area contributed by atoms with Gasteiger partial charge in [0.2, 0.25) is 5.91 Å². The molecule has 0 bridgehead atoms. The zero-order valence-electron chi connectivity index (χ0n) is 12.6. The summed E-state index contributed by atoms with van der Waals surface area (Å²) in [5.74, 6) is -0.720. The van der Waals surface area contributed by atoms with Gasteiger partial charge in [-0.1, -0.05) is 42.6 Å². The topological polar surface area (TPSA) is 54.5 Å². The molecule has 1 aromatic rings. The monoisotopic (exact) mass is 345 g/mol. The maximum atomic E-state index is 12.9. The Balaban J connectivity index is 2.12. The van der Waals surface area contributed by atoms with Crippen LogP contribution in [0.15, 0.2) is 44.9 Å². The second-order valence-corrected chi connectivity index (χ2v) is 7.26. The molecule has 1 amide bonds. The fourth-order valence-electron chi connectivity index (χ4n) is 2.57. The fraction of sp³-hybridized carbons (Fsp3) is 0.235. The highest BCUT2D eigenvalue weighted by atomic mass is 32.2. The molecule has 0 atom stereocenters. The number of nitrogens with zero attached hydrogens (tertiary/aromatic N) is 1. The maximum Gasteiger partial charge on any atom is 0.227 e. The van der Waals surface area contributed by atoms with E-state index in [0.717, 1.165) is 0 Å². The lowest BCUT2D eigenvalue weighted by Gasteiger charge is -2.21. The summed E-state index contributed by atoms with van der Waals surface area (Å²) in [6, 6.07) is 6.95. The third-order valence-electron chi connectivity index (χ3n) is 3.62. The molecule has 6 heteroatoms. The van der Waals surface area contributed by atoms with Gasteiger partial charge in [-0.05, 0) is 29.4 Å². The van der Waals surface area contributed by atoms with E-state index in [1.165, 1.54) is 28.4 Å². The number of thioether (sulfide) groups is 2. The minimum atomic E-state index is -0.297. The molecule has 1 aromatic carbocycles. The van der Waals surface area contributed by atoms with Crippen LogP contribution in [-0.4, -0.2) is 24.0 Å². The fourth-order valence-corrected chi connectivity index (χ4v) is 4.47. The van der Waals surface area contributed by atoms with Gasteiger partial charge in [-0.15, -0.1) is 0 Å². The number of benzene rings is 1. The molecule has 2 aliphatic heterocycles. The normalized spacial score (nSPS) is 17.5. The van der Waals surface area contributed by atoms with Crippen LogP contribution < -0.4 is 4.90 Å². The van der Waals surface area contributed by atoms with Crippen LogP contribution in [0.4, 0.5) is 5.69 Å². The van der Waals surface area contributed by atoms with Gasteiger partial charge in [0, 0.05) is 12.0 Å². The van der Waals surface area contributed by atoms with Gasteiger partial charge in [-0.25, -0.2) is 0 Å². The predicted molar refractivity (Wildman–Crippen MR) is 94.4 cm³/mol. The van der Waals surface area contributed by atoms with Crippen molar-refractivity contribution in [2.24, 2.45) is 0 Å². The number of carbonyl (C=O) groups excluding carboxylic acids is 3. The van der Waals surface area contributed by atoms with Crippen LogP contribution in [0.25, 0.3) is 0 Å². The number of fused-ring (bicyclic) bond motifs is 1. The van der Waals surface area contributed by atoms with Gasteiger partial charge in [0.05, 0.1) is 22.0 Å². The van der Waals surface area contributed by atoms with E-state index in [1.807, 2.05) is 17.7 Å². The molecule has 0 aromatic heterocycles. The summed E-state index contributed by atoms with van der Waals surface area (Å²) >= 11 is 2.75. The summed E-state index contributed by atoms with van der Waals surface area (Å²) in [6.07, 6.45) is 1.05. The summed E-state index contributed by atoms with van der Waals surface area (Å²) < 4.78 is 0.694. The Hall–Kier alpha value is -1.79. The van der Waals surface area contributed by atoms with Gasteiger partial charge >= 0.3 is 0 Å². The van der Waals surface area contributed by atoms with Crippen LogP contribution in [0.3, 0.4) is 0 Å². The summed E-state index contributed by atoms with van der Waals surface area (Å²) in [6.45, 7) is 1.83. The third kappa shape index (κ3) is 3.01. The molecule has 0 aliphatic carbocycles. The second kappa shape index (κ2) is 6.76. The zero-order chi connectivity index (χ0) is 16.4. The van der Waals surface area contributed by atoms with Gasteiger partial charge in [0.25, 0.3) is 0 Å². The van der Waals surface area contributed by atoms with Crippen molar-refractivity contribution in [1.82, 2.24) is 0 Å². The van der Waals surface area contributed by atoms with Crippen molar-refractivity contribution in [2.75, 3.05) is 11.4 Å². The van der Waals surface area contributed by atoms with Crippen LogP contribution in [0, 0.1) is 0 Å². The van der Waals surface area contributed by atoms with Crippen LogP contribution in [-0.2, 0) is 9.59 Å². The van der Waals surface area contributed by atoms with Crippen LogP contribution >= 0.6 is 23.5 Å². The quantitative estimate of drug-likeness (QED) is 0.603. The Morgan fingerprint density at radius 2 is 1.87 bits per heavy atom. The number of ketones is 2. The average molecular weight is 345 g/mol. The van der Waals surface area contributed by atoms with E-state index >= 15 is 0 Å². The van der Waals surface area contributed by atoms with E-state index in [9.17, 15) is 14.4 Å². The average Bonchev–Trinajstić information content (AvgIpc) is 3.03. The molecule has 0 fully saturated rings. The predicted octanol–water partition coefficient (Wildman–Crippen LogP) is 3.75. The summed E-state index contributed by atoms with van der Waals surface area (Å²) in [5.41, 5.74) is 1.14. The molecule has 0 saturated carbocycles. The van der Waals surface area contributed by atoms with Crippen molar-refractivity contribution >= 4 is 46.7 Å². The van der Waals surface area contributed by atoms with Gasteiger partial charge in [-0.3, -0.25) is 14.4 Å². The van der Waals surface area contributed by atoms with E-state index in [1.54, 1.807) is 24.3 Å². The maximum absolute atomic E-state index is 12.9. The van der Waals surface area contributed by atoms with Gasteiger partial charge < -0.3 is 4.90 Å². The lowest BCUT2D eigenvalue weighted by Crippen LogP contribution is -2.35. The molecule has 0 radical (unpaired) electrons. The van der Waals surface area contributed by atoms with Crippen molar-refractivity contribution in [2.45, 2.75) is 19.8 Å². The number of rotatable bonds is 2. The molecule has 0 saturated heterocycles. The minimum Gasteiger partial charge on any atom is -0.304 e. The Kier molecular flexibility index (Phi) is 4.73. The molecule has 0 unspecified atom stereocenters. The molecule has 3 rings (SSSR count). The number of hydrogen-bond donors (Lipinski definition) is 0. The first-order valence-corrected chi connectivity index (χ1v) is 9.09. The number of anilines is 1. The van der Waals surface area contributed by atoms with Crippen molar-refractivity contribution < 1.29 is 14.4 Å². The summed E-state index contributed by atoms with van der Waals surface area (Å²) in [7, 11) is 0. The smallest absolute Gasteiger partial charge is 0.227 e. The van der Waals surface area contributed by atoms with Crippen LogP contribution in [0.2, 0.25) is 0 Å². The number of carbonyl (C=O) groups is 3. The Morgan fingerprint density at radius 1 is 1.17 bits per heavy atom. The largest absolute Gasteiger partial charge is 0.304 e. The van der Waals surface area contributed by atoms with Crippen LogP contribution in [0.5, 0.6) is 0 Å². The van der Waals surface area contributed by atoms with Crippen molar-refractivity contribution in [3.8, 4) is 0 Å². The Morgan fingerprint density at radius 3 is 2.57 bits per heavy atom. The van der Waals surface area contributed by atoms with Gasteiger partial charge in [0.15, 0.2) is 11.6 Å². The SMILES string of the molecule is CCCC(=O)N1CC(=O)C(=C2SC=CS2)C(=O)c2ccccc21. The molecule has 0 N–H and O–H groups in total. The first-order valence-electron chi connectivity index (χ1n) is 7.33. The molecular weight excluding hydrogens is 330 g/mol. The molecule has 23 heavy (non-hydrogen) atoms. The molecule has 2 aliphatic rings. The van der Waals surface area contributed by atoms with E-state index in [4.69, 9.17) is 0 Å². The highest BCUT2D eigenvalue weighted by Gasteiger charge is 2.34. The summed E-state index contributed by atoms with van der Waals surface area (Å²) in [5, 5.41) is 3.70. The molecular formula is C17H15NO3S2. The first-order chi connectivity index (χ1) is 11.1. The van der Waals surface area contributed by atoms with Crippen molar-refractivity contribution in [3.63, 3.8) is 0 Å². The standard InChI is InChI=1S/C17H15NO3S2/c1-2-5-14(20)18-10-13(19)15(17-22-8-9-23-17)16(21)11-6-3-4-7-12(11)18/h3-4,6-9H,2,5,10H2,1H3. The molecule has 0 spiro atoms. The molecule has 4 nitrogen and oxygen atoms in total. The molecule has 118 valence electrons. The Bertz CT molecular complexity index is 742. The number of para-hydroxylation sites is 1. The van der Waals surface area contributed by atoms with Gasteiger partial charge in [0.1, 0.15) is 0 Å². The lowest BCUT2D eigenvalue weighted by molar-refractivity contribution is -0.121. The van der Waals surface area contributed by atoms with E-state index in [0.29, 0.717) is 28.3 Å². The van der Waals surface area contributed by atoms with Crippen LogP contribution in [0.1, 0.15) is 30.1 Å².